The normalized spacial score (nSPS) is 27.9. The van der Waals surface area contributed by atoms with Crippen LogP contribution in [0.4, 0.5) is 5.69 Å². The molecule has 234 valence electrons. The molecule has 3 atom stereocenters. The fourth-order valence-corrected chi connectivity index (χ4v) is 8.85. The SMILES string of the molecule is COc1ccc(/C=C2\CCC[C@]3(C2=O)[C@H](c2ccc(OC)cc2)CN(C)[C@]32C(=O)N(CN3CCCCC3)c3ccccc32)cc1. The molecule has 1 amide bonds. The number of ketones is 1. The van der Waals surface area contributed by atoms with E-state index in [0.29, 0.717) is 26.1 Å². The predicted octanol–water partition coefficient (Wildman–Crippen LogP) is 6.24. The smallest absolute Gasteiger partial charge is 0.254 e. The van der Waals surface area contributed by atoms with Gasteiger partial charge in [-0.15, -0.1) is 0 Å². The lowest BCUT2D eigenvalue weighted by atomic mass is 9.53. The van der Waals surface area contributed by atoms with E-state index in [-0.39, 0.29) is 17.6 Å². The molecule has 2 spiro atoms. The van der Waals surface area contributed by atoms with E-state index in [2.05, 4.69) is 41.1 Å². The summed E-state index contributed by atoms with van der Waals surface area (Å²) in [5.74, 6) is 1.51. The van der Waals surface area contributed by atoms with Crippen LogP contribution in [0.1, 0.15) is 61.1 Å². The average Bonchev–Trinajstić information content (AvgIpc) is 3.49. The molecule has 7 rings (SSSR count). The van der Waals surface area contributed by atoms with E-state index in [0.717, 1.165) is 71.8 Å². The number of hydrogen-bond acceptors (Lipinski definition) is 6. The monoisotopic (exact) mass is 605 g/mol. The lowest BCUT2D eigenvalue weighted by Crippen LogP contribution is -2.62. The Morgan fingerprint density at radius 2 is 1.51 bits per heavy atom. The molecule has 45 heavy (non-hydrogen) atoms. The van der Waals surface area contributed by atoms with Crippen LogP contribution in [0.25, 0.3) is 6.08 Å². The summed E-state index contributed by atoms with van der Waals surface area (Å²) in [7, 11) is 5.38. The molecule has 7 heteroatoms. The van der Waals surface area contributed by atoms with Gasteiger partial charge in [-0.25, -0.2) is 0 Å². The fraction of sp³-hybridized carbons (Fsp3) is 0.421. The third kappa shape index (κ3) is 4.54. The largest absolute Gasteiger partial charge is 0.497 e. The van der Waals surface area contributed by atoms with Crippen LogP contribution in [0.2, 0.25) is 0 Å². The molecule has 2 saturated heterocycles. The number of piperidine rings is 1. The first kappa shape index (κ1) is 29.8. The van der Waals surface area contributed by atoms with Gasteiger partial charge in [0, 0.05) is 18.0 Å². The van der Waals surface area contributed by atoms with Crippen molar-refractivity contribution in [3.05, 3.63) is 95.1 Å². The second-order valence-corrected chi connectivity index (χ2v) is 13.1. The molecule has 3 aliphatic heterocycles. The molecule has 4 aliphatic rings. The number of ether oxygens (including phenoxy) is 2. The van der Waals surface area contributed by atoms with Gasteiger partial charge in [0.05, 0.1) is 32.0 Å². The number of anilines is 1. The van der Waals surface area contributed by atoms with Crippen molar-refractivity contribution in [3.63, 3.8) is 0 Å². The molecule has 1 aliphatic carbocycles. The Bertz CT molecular complexity index is 1610. The van der Waals surface area contributed by atoms with Gasteiger partial charge in [-0.05, 0) is 105 Å². The number of nitrogens with zero attached hydrogens (tertiary/aromatic N) is 3. The van der Waals surface area contributed by atoms with E-state index < -0.39 is 11.0 Å². The topological polar surface area (TPSA) is 62.3 Å². The maximum absolute atomic E-state index is 15.4. The Labute approximate surface area is 266 Å². The highest BCUT2D eigenvalue weighted by molar-refractivity contribution is 6.16. The Morgan fingerprint density at radius 3 is 2.20 bits per heavy atom. The number of rotatable bonds is 6. The minimum absolute atomic E-state index is 0.0341. The third-order valence-electron chi connectivity index (χ3n) is 10.9. The number of fused-ring (bicyclic) bond motifs is 3. The van der Waals surface area contributed by atoms with Crippen molar-refractivity contribution in [3.8, 4) is 11.5 Å². The summed E-state index contributed by atoms with van der Waals surface area (Å²) in [6.07, 6.45) is 7.73. The van der Waals surface area contributed by atoms with Crippen molar-refractivity contribution in [1.82, 2.24) is 9.80 Å². The highest BCUT2D eigenvalue weighted by Gasteiger charge is 2.75. The molecule has 3 aromatic carbocycles. The number of methoxy groups -OCH3 is 2. The Morgan fingerprint density at radius 1 is 0.844 bits per heavy atom. The maximum atomic E-state index is 15.4. The first-order valence-electron chi connectivity index (χ1n) is 16.3. The van der Waals surface area contributed by atoms with Crippen molar-refractivity contribution in [1.29, 1.82) is 0 Å². The van der Waals surface area contributed by atoms with Gasteiger partial charge in [0.1, 0.15) is 17.0 Å². The molecule has 0 radical (unpaired) electrons. The number of likely N-dealkylation sites (tertiary alicyclic amines) is 2. The van der Waals surface area contributed by atoms with Gasteiger partial charge in [-0.1, -0.05) is 48.9 Å². The number of benzene rings is 3. The van der Waals surface area contributed by atoms with Gasteiger partial charge >= 0.3 is 0 Å². The van der Waals surface area contributed by atoms with E-state index in [4.69, 9.17) is 9.47 Å². The second-order valence-electron chi connectivity index (χ2n) is 13.1. The summed E-state index contributed by atoms with van der Waals surface area (Å²) in [6.45, 7) is 3.13. The highest BCUT2D eigenvalue weighted by Crippen LogP contribution is 2.67. The summed E-state index contributed by atoms with van der Waals surface area (Å²) in [6, 6.07) is 24.2. The van der Waals surface area contributed by atoms with Crippen LogP contribution in [0.5, 0.6) is 11.5 Å². The van der Waals surface area contributed by atoms with Crippen LogP contribution in [0, 0.1) is 5.41 Å². The van der Waals surface area contributed by atoms with Gasteiger partial charge < -0.3 is 9.47 Å². The summed E-state index contributed by atoms with van der Waals surface area (Å²) in [5.41, 5.74) is 2.63. The number of carbonyl (C=O) groups excluding carboxylic acids is 2. The standard InChI is InChI=1S/C38H43N3O4/c1-39-25-33(28-15-19-31(45-3)20-16-28)37(21-9-10-29(35(37)42)24-27-13-17-30(44-2)18-14-27)38(39)32-11-5-6-12-34(32)41(36(38)43)26-40-22-7-4-8-23-40/h5-6,11-20,24,33H,4,7-10,21-23,25-26H2,1-3H3/b29-24+/t33-,37+,38+/m0/s1. The van der Waals surface area contributed by atoms with Crippen molar-refractivity contribution in [2.45, 2.75) is 50.0 Å². The van der Waals surface area contributed by atoms with Crippen LogP contribution in [-0.2, 0) is 15.1 Å². The molecule has 3 fully saturated rings. The third-order valence-corrected chi connectivity index (χ3v) is 10.9. The number of amides is 1. The number of likely N-dealkylation sites (N-methyl/N-ethyl adjacent to an activating group) is 1. The molecular formula is C38H43N3O4. The van der Waals surface area contributed by atoms with Crippen LogP contribution in [0.15, 0.2) is 78.4 Å². The Hall–Kier alpha value is -3.94. The van der Waals surface area contributed by atoms with Crippen LogP contribution in [0.3, 0.4) is 0 Å². The minimum Gasteiger partial charge on any atom is -0.497 e. The lowest BCUT2D eigenvalue weighted by molar-refractivity contribution is -0.146. The summed E-state index contributed by atoms with van der Waals surface area (Å²) < 4.78 is 10.9. The van der Waals surface area contributed by atoms with Crippen LogP contribution in [-0.4, -0.2) is 69.1 Å². The second kappa shape index (κ2) is 11.8. The maximum Gasteiger partial charge on any atom is 0.254 e. The summed E-state index contributed by atoms with van der Waals surface area (Å²) in [4.78, 5) is 37.4. The zero-order valence-electron chi connectivity index (χ0n) is 26.6. The number of para-hydroxylation sites is 1. The van der Waals surface area contributed by atoms with Gasteiger partial charge in [0.2, 0.25) is 0 Å². The number of allylic oxidation sites excluding steroid dienone is 1. The zero-order chi connectivity index (χ0) is 31.2. The van der Waals surface area contributed by atoms with Crippen molar-refractivity contribution in [2.24, 2.45) is 5.41 Å². The van der Waals surface area contributed by atoms with Gasteiger partial charge in [-0.3, -0.25) is 24.3 Å². The zero-order valence-corrected chi connectivity index (χ0v) is 26.6. The van der Waals surface area contributed by atoms with Crippen LogP contribution < -0.4 is 14.4 Å². The Balaban J connectivity index is 1.40. The number of Topliss-reactive ketones (excluding diaryl/α,β-unsaturated/α-hetero) is 1. The first-order valence-corrected chi connectivity index (χ1v) is 16.3. The summed E-state index contributed by atoms with van der Waals surface area (Å²) >= 11 is 0. The molecule has 0 N–H and O–H groups in total. The van der Waals surface area contributed by atoms with E-state index >= 15 is 9.59 Å². The molecule has 0 bridgehead atoms. The first-order chi connectivity index (χ1) is 21.9. The van der Waals surface area contributed by atoms with Gasteiger partial charge in [0.15, 0.2) is 5.78 Å². The number of hydrogen-bond donors (Lipinski definition) is 0. The molecule has 1 saturated carbocycles. The van der Waals surface area contributed by atoms with Crippen molar-refractivity contribution in [2.75, 3.05) is 52.5 Å². The van der Waals surface area contributed by atoms with Crippen molar-refractivity contribution < 1.29 is 19.1 Å². The van der Waals surface area contributed by atoms with E-state index in [9.17, 15) is 0 Å². The Kier molecular flexibility index (Phi) is 7.78. The number of carbonyl (C=O) groups is 2. The quantitative estimate of drug-likeness (QED) is 0.310. The molecule has 3 heterocycles. The van der Waals surface area contributed by atoms with E-state index in [1.54, 1.807) is 14.2 Å². The highest BCUT2D eigenvalue weighted by atomic mass is 16.5. The predicted molar refractivity (Wildman–Crippen MR) is 177 cm³/mol. The van der Waals surface area contributed by atoms with E-state index in [1.807, 2.05) is 59.5 Å². The minimum atomic E-state index is -1.11. The van der Waals surface area contributed by atoms with Crippen molar-refractivity contribution >= 4 is 23.5 Å². The fourth-order valence-electron chi connectivity index (χ4n) is 8.85. The van der Waals surface area contributed by atoms with Crippen LogP contribution >= 0.6 is 0 Å². The van der Waals surface area contributed by atoms with E-state index in [1.165, 1.54) is 6.42 Å². The van der Waals surface area contributed by atoms with Gasteiger partial charge in [-0.2, -0.15) is 0 Å². The molecule has 0 aromatic heterocycles. The molecular weight excluding hydrogens is 562 g/mol. The summed E-state index contributed by atoms with van der Waals surface area (Å²) in [5, 5.41) is 0. The molecule has 0 unspecified atom stereocenters. The molecule has 3 aromatic rings. The lowest BCUT2D eigenvalue weighted by Gasteiger charge is -2.49. The van der Waals surface area contributed by atoms with Gasteiger partial charge in [0.25, 0.3) is 5.91 Å². The molecule has 7 nitrogen and oxygen atoms in total. The average molecular weight is 606 g/mol.